The summed E-state index contributed by atoms with van der Waals surface area (Å²) >= 11 is -0.826. The molecule has 0 saturated carbocycles. The van der Waals surface area contributed by atoms with Gasteiger partial charge in [0.25, 0.3) is 0 Å². The van der Waals surface area contributed by atoms with E-state index >= 15 is 0 Å². The zero-order chi connectivity index (χ0) is 22.5. The van der Waals surface area contributed by atoms with Gasteiger partial charge in [0.1, 0.15) is 11.5 Å². The second-order valence-corrected chi connectivity index (χ2v) is 11.2. The SMILES string of the molecule is COc1ccc(-c2ccc3c(c2)Cc2cc(-c4ccc(OC)cc4)ccc2-3)cc1.[Cl][Zr][Cl]. The fourth-order valence-corrected chi connectivity index (χ4v) is 4.14. The van der Waals surface area contributed by atoms with E-state index < -0.39 is 20.8 Å². The molecule has 0 unspecified atom stereocenters. The summed E-state index contributed by atoms with van der Waals surface area (Å²) in [7, 11) is 13.3. The van der Waals surface area contributed by atoms with Crippen molar-refractivity contribution in [3.63, 3.8) is 0 Å². The van der Waals surface area contributed by atoms with Gasteiger partial charge in [0.15, 0.2) is 0 Å². The molecule has 1 aliphatic rings. The zero-order valence-corrected chi connectivity index (χ0v) is 21.8. The molecule has 0 amide bonds. The Balaban J connectivity index is 0.000000775. The molecule has 160 valence electrons. The van der Waals surface area contributed by atoms with Crippen LogP contribution in [0.3, 0.4) is 0 Å². The van der Waals surface area contributed by atoms with Crippen molar-refractivity contribution in [1.82, 2.24) is 0 Å². The fourth-order valence-electron chi connectivity index (χ4n) is 4.14. The van der Waals surface area contributed by atoms with Crippen LogP contribution in [0.15, 0.2) is 84.9 Å². The second-order valence-electron chi connectivity index (χ2n) is 7.45. The van der Waals surface area contributed by atoms with E-state index in [4.69, 9.17) is 26.5 Å². The van der Waals surface area contributed by atoms with Crippen LogP contribution in [0.1, 0.15) is 11.1 Å². The Hall–Kier alpha value is -2.06. The van der Waals surface area contributed by atoms with Crippen LogP contribution in [0.5, 0.6) is 11.5 Å². The van der Waals surface area contributed by atoms with E-state index in [0.717, 1.165) is 17.9 Å². The molecule has 4 aromatic carbocycles. The van der Waals surface area contributed by atoms with Crippen molar-refractivity contribution in [2.45, 2.75) is 6.42 Å². The van der Waals surface area contributed by atoms with Crippen LogP contribution in [-0.2, 0) is 27.3 Å². The molecule has 32 heavy (non-hydrogen) atoms. The molecule has 5 heteroatoms. The van der Waals surface area contributed by atoms with Gasteiger partial charge in [-0.2, -0.15) is 0 Å². The van der Waals surface area contributed by atoms with Crippen molar-refractivity contribution < 1.29 is 30.3 Å². The van der Waals surface area contributed by atoms with E-state index in [1.165, 1.54) is 44.5 Å². The maximum absolute atomic E-state index is 5.27. The van der Waals surface area contributed by atoms with Crippen molar-refractivity contribution in [3.05, 3.63) is 96.1 Å². The van der Waals surface area contributed by atoms with E-state index in [1.807, 2.05) is 24.3 Å². The molecule has 2 nitrogen and oxygen atoms in total. The molecule has 0 aromatic heterocycles. The number of hydrogen-bond donors (Lipinski definition) is 0. The topological polar surface area (TPSA) is 18.5 Å². The normalized spacial score (nSPS) is 11.0. The summed E-state index contributed by atoms with van der Waals surface area (Å²) in [4.78, 5) is 0. The van der Waals surface area contributed by atoms with Crippen LogP contribution in [0.25, 0.3) is 33.4 Å². The molecular weight excluding hydrogens is 518 g/mol. The predicted octanol–water partition coefficient (Wildman–Crippen LogP) is 7.99. The van der Waals surface area contributed by atoms with E-state index in [9.17, 15) is 0 Å². The van der Waals surface area contributed by atoms with Gasteiger partial charge in [-0.15, -0.1) is 0 Å². The van der Waals surface area contributed by atoms with Crippen molar-refractivity contribution in [2.24, 2.45) is 0 Å². The van der Waals surface area contributed by atoms with Gasteiger partial charge in [-0.1, -0.05) is 60.7 Å². The Morgan fingerprint density at radius 3 is 1.25 bits per heavy atom. The summed E-state index contributed by atoms with van der Waals surface area (Å²) < 4.78 is 10.5. The molecule has 1 aliphatic carbocycles. The third kappa shape index (κ3) is 4.96. The molecule has 0 N–H and O–H groups in total. The van der Waals surface area contributed by atoms with Crippen LogP contribution in [-0.4, -0.2) is 14.2 Å². The Bertz CT molecular complexity index is 1110. The Morgan fingerprint density at radius 1 is 0.562 bits per heavy atom. The third-order valence-electron chi connectivity index (χ3n) is 5.73. The first-order valence-corrected chi connectivity index (χ1v) is 16.5. The van der Waals surface area contributed by atoms with E-state index in [2.05, 4.69) is 60.7 Å². The van der Waals surface area contributed by atoms with Crippen LogP contribution in [0.4, 0.5) is 0 Å². The van der Waals surface area contributed by atoms with E-state index in [1.54, 1.807) is 14.2 Å². The average Bonchev–Trinajstić information content (AvgIpc) is 3.21. The number of benzene rings is 4. The number of hydrogen-bond acceptors (Lipinski definition) is 2. The van der Waals surface area contributed by atoms with Gasteiger partial charge < -0.3 is 9.47 Å². The second kappa shape index (κ2) is 10.7. The van der Waals surface area contributed by atoms with E-state index in [-0.39, 0.29) is 0 Å². The Kier molecular flexibility index (Phi) is 7.73. The summed E-state index contributed by atoms with van der Waals surface area (Å²) in [6, 6.07) is 30.1. The monoisotopic (exact) mass is 538 g/mol. The Labute approximate surface area is 207 Å². The zero-order valence-electron chi connectivity index (χ0n) is 17.9. The first kappa shape index (κ1) is 23.1. The van der Waals surface area contributed by atoms with Gasteiger partial charge >= 0.3 is 37.9 Å². The fraction of sp³-hybridized carbons (Fsp3) is 0.111. The predicted molar refractivity (Wildman–Crippen MR) is 130 cm³/mol. The van der Waals surface area contributed by atoms with Gasteiger partial charge in [-0.25, -0.2) is 0 Å². The molecule has 4 aromatic rings. The van der Waals surface area contributed by atoms with Crippen molar-refractivity contribution in [1.29, 1.82) is 0 Å². The summed E-state index contributed by atoms with van der Waals surface area (Å²) in [5.41, 5.74) is 10.4. The van der Waals surface area contributed by atoms with Crippen molar-refractivity contribution in [2.75, 3.05) is 14.2 Å². The van der Waals surface area contributed by atoms with Gasteiger partial charge in [0, 0.05) is 0 Å². The van der Waals surface area contributed by atoms with Crippen LogP contribution >= 0.6 is 17.0 Å². The van der Waals surface area contributed by atoms with Crippen LogP contribution in [0.2, 0.25) is 0 Å². The van der Waals surface area contributed by atoms with Gasteiger partial charge in [-0.05, 0) is 75.2 Å². The van der Waals surface area contributed by atoms with Crippen LogP contribution < -0.4 is 9.47 Å². The first-order valence-electron chi connectivity index (χ1n) is 10.2. The summed E-state index contributed by atoms with van der Waals surface area (Å²) in [6.07, 6.45) is 0.971. The first-order chi connectivity index (χ1) is 15.7. The van der Waals surface area contributed by atoms with Crippen molar-refractivity contribution in [3.8, 4) is 44.9 Å². The summed E-state index contributed by atoms with van der Waals surface area (Å²) in [5, 5.41) is 0. The molecule has 0 fully saturated rings. The van der Waals surface area contributed by atoms with Gasteiger partial charge in [0.05, 0.1) is 14.2 Å². The Morgan fingerprint density at radius 2 is 0.906 bits per heavy atom. The van der Waals surface area contributed by atoms with E-state index in [0.29, 0.717) is 0 Å². The maximum atomic E-state index is 5.27. The average molecular weight is 541 g/mol. The molecule has 0 radical (unpaired) electrons. The third-order valence-corrected chi connectivity index (χ3v) is 5.73. The molecular formula is C27H22Cl2O2Zr. The molecule has 5 rings (SSSR count). The number of methoxy groups -OCH3 is 2. The molecule has 0 saturated heterocycles. The standard InChI is InChI=1S/C27H22O2.2ClH.Zr/c1-28-24-9-3-18(4-10-24)20-7-13-26-22(15-20)17-23-16-21(8-14-27(23)26)19-5-11-25(29-2)12-6-19;;;/h3-16H,17H2,1-2H3;2*1H;/q;;;+2/p-2. The van der Waals surface area contributed by atoms with Gasteiger partial charge in [0.2, 0.25) is 0 Å². The summed E-state index contributed by atoms with van der Waals surface area (Å²) in [6.45, 7) is 0. The minimum atomic E-state index is -0.826. The van der Waals surface area contributed by atoms with Crippen molar-refractivity contribution >= 4 is 17.0 Å². The molecule has 0 bridgehead atoms. The number of rotatable bonds is 4. The number of halogens is 2. The quantitative estimate of drug-likeness (QED) is 0.230. The van der Waals surface area contributed by atoms with Crippen LogP contribution in [0, 0.1) is 0 Å². The number of fused-ring (bicyclic) bond motifs is 3. The molecule has 0 aliphatic heterocycles. The molecule has 0 heterocycles. The molecule has 0 atom stereocenters. The number of ether oxygens (including phenoxy) is 2. The van der Waals surface area contributed by atoms with Gasteiger partial charge in [-0.3, -0.25) is 0 Å². The minimum absolute atomic E-state index is 0.826. The summed E-state index contributed by atoms with van der Waals surface area (Å²) in [5.74, 6) is 1.77. The molecule has 0 spiro atoms.